The van der Waals surface area contributed by atoms with Crippen molar-refractivity contribution >= 4 is 39.1 Å². The highest BCUT2D eigenvalue weighted by molar-refractivity contribution is 7.88. The van der Waals surface area contributed by atoms with Gasteiger partial charge in [-0.1, -0.05) is 23.2 Å². The molecule has 1 amide bonds. The van der Waals surface area contributed by atoms with Gasteiger partial charge in [0.2, 0.25) is 10.0 Å². The third-order valence-corrected chi connectivity index (χ3v) is 5.62. The van der Waals surface area contributed by atoms with Gasteiger partial charge in [-0.15, -0.1) is 0 Å². The number of rotatable bonds is 4. The average Bonchev–Trinajstić information content (AvgIpc) is 2.44. The lowest BCUT2D eigenvalue weighted by molar-refractivity contribution is 0.0941. The van der Waals surface area contributed by atoms with E-state index in [-0.39, 0.29) is 11.8 Å². The lowest BCUT2D eigenvalue weighted by Gasteiger charge is -2.30. The molecule has 0 spiro atoms. The van der Waals surface area contributed by atoms with Gasteiger partial charge in [0.1, 0.15) is 0 Å². The second kappa shape index (κ2) is 7.17. The average molecular weight is 365 g/mol. The third-order valence-electron chi connectivity index (χ3n) is 3.77. The van der Waals surface area contributed by atoms with Crippen LogP contribution in [-0.2, 0) is 10.0 Å². The van der Waals surface area contributed by atoms with Crippen molar-refractivity contribution in [2.75, 3.05) is 25.9 Å². The van der Waals surface area contributed by atoms with E-state index >= 15 is 0 Å². The standard InChI is InChI=1S/C14H18Cl2N2O3S/c1-22(20,21)18-6-4-10(5-7-18)9-17-14(19)12-3-2-11(15)8-13(12)16/h2-3,8,10H,4-7,9H2,1H3,(H,17,19). The van der Waals surface area contributed by atoms with Crippen molar-refractivity contribution in [1.82, 2.24) is 9.62 Å². The van der Waals surface area contributed by atoms with E-state index < -0.39 is 10.0 Å². The van der Waals surface area contributed by atoms with Gasteiger partial charge in [-0.2, -0.15) is 0 Å². The first-order valence-electron chi connectivity index (χ1n) is 6.96. The Hall–Kier alpha value is -0.820. The zero-order chi connectivity index (χ0) is 16.3. The Morgan fingerprint density at radius 1 is 1.32 bits per heavy atom. The number of sulfonamides is 1. The summed E-state index contributed by atoms with van der Waals surface area (Å²) in [4.78, 5) is 12.1. The minimum Gasteiger partial charge on any atom is -0.352 e. The van der Waals surface area contributed by atoms with Crippen molar-refractivity contribution in [3.8, 4) is 0 Å². The maximum atomic E-state index is 12.1. The molecule has 0 aliphatic carbocycles. The van der Waals surface area contributed by atoms with Crippen LogP contribution < -0.4 is 5.32 Å². The SMILES string of the molecule is CS(=O)(=O)N1CCC(CNC(=O)c2ccc(Cl)cc2Cl)CC1. The normalized spacial score (nSPS) is 17.4. The van der Waals surface area contributed by atoms with Crippen molar-refractivity contribution < 1.29 is 13.2 Å². The van der Waals surface area contributed by atoms with Crippen LogP contribution in [0.25, 0.3) is 0 Å². The highest BCUT2D eigenvalue weighted by atomic mass is 35.5. The molecule has 8 heteroatoms. The molecule has 1 aliphatic rings. The fraction of sp³-hybridized carbons (Fsp3) is 0.500. The monoisotopic (exact) mass is 364 g/mol. The summed E-state index contributed by atoms with van der Waals surface area (Å²) in [5.74, 6) is 0.0280. The van der Waals surface area contributed by atoms with Gasteiger partial charge in [-0.3, -0.25) is 4.79 Å². The lowest BCUT2D eigenvalue weighted by atomic mass is 9.98. The minimum atomic E-state index is -3.12. The molecule has 5 nitrogen and oxygen atoms in total. The molecule has 0 atom stereocenters. The summed E-state index contributed by atoms with van der Waals surface area (Å²) in [5.41, 5.74) is 0.389. The van der Waals surface area contributed by atoms with Gasteiger partial charge < -0.3 is 5.32 Å². The van der Waals surface area contributed by atoms with Gasteiger partial charge in [-0.05, 0) is 37.0 Å². The van der Waals surface area contributed by atoms with E-state index in [2.05, 4.69) is 5.32 Å². The molecule has 0 saturated carbocycles. The van der Waals surface area contributed by atoms with Crippen molar-refractivity contribution in [3.63, 3.8) is 0 Å². The van der Waals surface area contributed by atoms with Crippen LogP contribution in [-0.4, -0.2) is 44.5 Å². The smallest absolute Gasteiger partial charge is 0.252 e. The number of carbonyl (C=O) groups excluding carboxylic acids is 1. The summed E-state index contributed by atoms with van der Waals surface area (Å²) in [7, 11) is -3.12. The van der Waals surface area contributed by atoms with E-state index in [0.29, 0.717) is 35.2 Å². The highest BCUT2D eigenvalue weighted by Crippen LogP contribution is 2.22. The number of hydrogen-bond acceptors (Lipinski definition) is 3. The summed E-state index contributed by atoms with van der Waals surface area (Å²) in [6, 6.07) is 4.74. The van der Waals surface area contributed by atoms with Gasteiger partial charge in [-0.25, -0.2) is 12.7 Å². The summed E-state index contributed by atoms with van der Waals surface area (Å²) in [6.45, 7) is 1.51. The number of carbonyl (C=O) groups is 1. The van der Waals surface area contributed by atoms with E-state index in [1.54, 1.807) is 12.1 Å². The summed E-state index contributed by atoms with van der Waals surface area (Å²) in [6.07, 6.45) is 2.70. The van der Waals surface area contributed by atoms with Crippen LogP contribution in [0, 0.1) is 5.92 Å². The van der Waals surface area contributed by atoms with Crippen LogP contribution in [0.15, 0.2) is 18.2 Å². The topological polar surface area (TPSA) is 66.5 Å². The summed E-state index contributed by atoms with van der Waals surface area (Å²) >= 11 is 11.8. The largest absolute Gasteiger partial charge is 0.352 e. The molecule has 0 bridgehead atoms. The molecule has 1 N–H and O–H groups in total. The number of halogens is 2. The summed E-state index contributed by atoms with van der Waals surface area (Å²) in [5, 5.41) is 3.65. The molecular weight excluding hydrogens is 347 g/mol. The Labute approximate surface area is 140 Å². The Morgan fingerprint density at radius 2 is 1.95 bits per heavy atom. The van der Waals surface area contributed by atoms with Crippen LogP contribution in [0.3, 0.4) is 0 Å². The van der Waals surface area contributed by atoms with E-state index in [0.717, 1.165) is 12.8 Å². The molecule has 0 aromatic heterocycles. The first kappa shape index (κ1) is 17.5. The molecule has 22 heavy (non-hydrogen) atoms. The molecule has 1 fully saturated rings. The second-order valence-corrected chi connectivity index (χ2v) is 8.27. The van der Waals surface area contributed by atoms with E-state index in [4.69, 9.17) is 23.2 Å². The van der Waals surface area contributed by atoms with Gasteiger partial charge in [0.15, 0.2) is 0 Å². The van der Waals surface area contributed by atoms with Crippen molar-refractivity contribution in [3.05, 3.63) is 33.8 Å². The predicted octanol–water partition coefficient (Wildman–Crippen LogP) is 2.39. The maximum Gasteiger partial charge on any atom is 0.252 e. The molecule has 0 radical (unpaired) electrons. The van der Waals surface area contributed by atoms with E-state index in [1.807, 2.05) is 0 Å². The molecule has 1 aromatic carbocycles. The Balaban J connectivity index is 1.85. The fourth-order valence-corrected chi connectivity index (χ4v) is 3.82. The number of hydrogen-bond donors (Lipinski definition) is 1. The predicted molar refractivity (Wildman–Crippen MR) is 87.9 cm³/mol. The molecule has 2 rings (SSSR count). The second-order valence-electron chi connectivity index (χ2n) is 5.44. The zero-order valence-electron chi connectivity index (χ0n) is 12.2. The van der Waals surface area contributed by atoms with Crippen molar-refractivity contribution in [2.45, 2.75) is 12.8 Å². The van der Waals surface area contributed by atoms with Crippen LogP contribution in [0.4, 0.5) is 0 Å². The molecule has 1 saturated heterocycles. The van der Waals surface area contributed by atoms with Crippen LogP contribution in [0.5, 0.6) is 0 Å². The zero-order valence-corrected chi connectivity index (χ0v) is 14.5. The number of nitrogens with zero attached hydrogens (tertiary/aromatic N) is 1. The van der Waals surface area contributed by atoms with Gasteiger partial charge in [0.25, 0.3) is 5.91 Å². The maximum absolute atomic E-state index is 12.1. The van der Waals surface area contributed by atoms with Crippen LogP contribution >= 0.6 is 23.2 Å². The van der Waals surface area contributed by atoms with Gasteiger partial charge in [0.05, 0.1) is 16.8 Å². The quantitative estimate of drug-likeness (QED) is 0.891. The first-order chi connectivity index (χ1) is 10.3. The number of benzene rings is 1. The van der Waals surface area contributed by atoms with Crippen molar-refractivity contribution in [2.24, 2.45) is 5.92 Å². The van der Waals surface area contributed by atoms with E-state index in [9.17, 15) is 13.2 Å². The minimum absolute atomic E-state index is 0.243. The lowest BCUT2D eigenvalue weighted by Crippen LogP contribution is -2.41. The first-order valence-corrected chi connectivity index (χ1v) is 9.56. The Bertz CT molecular complexity index is 656. The van der Waals surface area contributed by atoms with Crippen LogP contribution in [0.2, 0.25) is 10.0 Å². The summed E-state index contributed by atoms with van der Waals surface area (Å²) < 4.78 is 24.4. The Morgan fingerprint density at radius 3 is 2.50 bits per heavy atom. The van der Waals surface area contributed by atoms with Crippen molar-refractivity contribution in [1.29, 1.82) is 0 Å². The molecule has 122 valence electrons. The molecule has 1 aliphatic heterocycles. The van der Waals surface area contributed by atoms with Crippen LogP contribution in [0.1, 0.15) is 23.2 Å². The number of amides is 1. The molecule has 0 unspecified atom stereocenters. The Kier molecular flexibility index (Phi) is 5.71. The van der Waals surface area contributed by atoms with Gasteiger partial charge >= 0.3 is 0 Å². The third kappa shape index (κ3) is 4.59. The number of piperidine rings is 1. The molecular formula is C14H18Cl2N2O3S. The fourth-order valence-electron chi connectivity index (χ4n) is 2.45. The molecule has 1 heterocycles. The molecule has 1 aromatic rings. The number of nitrogens with one attached hydrogen (secondary N) is 1. The van der Waals surface area contributed by atoms with Gasteiger partial charge in [0, 0.05) is 24.7 Å². The van der Waals surface area contributed by atoms with E-state index in [1.165, 1.54) is 16.6 Å². The highest BCUT2D eigenvalue weighted by Gasteiger charge is 2.25.